The summed E-state index contributed by atoms with van der Waals surface area (Å²) in [6.07, 6.45) is 0. The van der Waals surface area contributed by atoms with Gasteiger partial charge in [0.15, 0.2) is 0 Å². The van der Waals surface area contributed by atoms with Crippen molar-refractivity contribution in [1.29, 1.82) is 0 Å². The van der Waals surface area contributed by atoms with E-state index in [1.807, 2.05) is 24.3 Å². The summed E-state index contributed by atoms with van der Waals surface area (Å²) < 4.78 is 25.6. The first-order chi connectivity index (χ1) is 49.6. The molecule has 0 aliphatic heterocycles. The number of fused-ring (bicyclic) bond motifs is 18. The zero-order valence-electron chi connectivity index (χ0n) is 54.0. The van der Waals surface area contributed by atoms with E-state index in [9.17, 15) is 0 Å². The molecule has 0 N–H and O–H groups in total. The van der Waals surface area contributed by atoms with Gasteiger partial charge < -0.3 is 17.7 Å². The molecule has 0 spiro atoms. The van der Waals surface area contributed by atoms with Crippen LogP contribution in [-0.4, -0.2) is 0 Å². The lowest BCUT2D eigenvalue weighted by atomic mass is 9.85. The lowest BCUT2D eigenvalue weighted by molar-refractivity contribution is 0.669. The molecule has 4 heteroatoms. The van der Waals surface area contributed by atoms with E-state index in [0.717, 1.165) is 110 Å². The molecule has 4 heterocycles. The zero-order valence-corrected chi connectivity index (χ0v) is 54.0. The van der Waals surface area contributed by atoms with E-state index in [4.69, 9.17) is 17.7 Å². The van der Waals surface area contributed by atoms with Crippen molar-refractivity contribution in [1.82, 2.24) is 0 Å². The molecule has 22 aromatic rings. The fourth-order valence-electron chi connectivity index (χ4n) is 16.3. The molecule has 0 radical (unpaired) electrons. The van der Waals surface area contributed by atoms with Gasteiger partial charge in [0.25, 0.3) is 0 Å². The molecule has 0 aliphatic carbocycles. The van der Waals surface area contributed by atoms with Crippen LogP contribution in [0.4, 0.5) is 0 Å². The van der Waals surface area contributed by atoms with E-state index in [0.29, 0.717) is 0 Å². The average Bonchev–Trinajstić information content (AvgIpc) is 0.788. The summed E-state index contributed by atoms with van der Waals surface area (Å²) in [5.41, 5.74) is 21.5. The quantitative estimate of drug-likeness (QED) is 0.156. The highest BCUT2D eigenvalue weighted by atomic mass is 16.3. The standard InChI is InChI=1S/2C48H28O2/c1-2-12-30-28-45-42(26-29(30)11-1)41-27-33(23-24-44(41)49-45)47-38-18-5-3-16-36(38)46(37-17-4-6-19-39(37)47)32-14-9-13-31(25-32)34-20-10-21-40-35-15-7-8-22-43(35)50-48(34)40;1-2-11-32-28-45-42(26-31(32)10-1)41-27-33(24-25-44(41)49-45)47-38-15-5-3-13-36(38)46(37-14-4-6-16-39(37)47)30-22-20-29(21-23-30)34-17-9-18-40-35-12-7-8-19-43(35)50-48(34)40/h2*1-28H. The third-order valence-corrected chi connectivity index (χ3v) is 20.9. The summed E-state index contributed by atoms with van der Waals surface area (Å²) in [6.45, 7) is 0. The van der Waals surface area contributed by atoms with Gasteiger partial charge in [0.2, 0.25) is 0 Å². The maximum Gasteiger partial charge on any atom is 0.143 e. The average molecular weight is 1270 g/mol. The molecule has 0 aliphatic rings. The molecule has 4 aromatic heterocycles. The molecule has 0 amide bonds. The van der Waals surface area contributed by atoms with Crippen LogP contribution >= 0.6 is 0 Å². The highest BCUT2D eigenvalue weighted by molar-refractivity contribution is 6.25. The molecule has 0 bridgehead atoms. The Morgan fingerprint density at radius 1 is 0.140 bits per heavy atom. The normalized spacial score (nSPS) is 12.0. The lowest BCUT2D eigenvalue weighted by Gasteiger charge is -2.18. The molecule has 0 saturated heterocycles. The molecule has 0 saturated carbocycles. The third-order valence-electron chi connectivity index (χ3n) is 20.9. The molecule has 4 nitrogen and oxygen atoms in total. The smallest absolute Gasteiger partial charge is 0.143 e. The van der Waals surface area contributed by atoms with Gasteiger partial charge in [-0.25, -0.2) is 0 Å². The van der Waals surface area contributed by atoms with E-state index in [2.05, 4.69) is 315 Å². The van der Waals surface area contributed by atoms with Crippen LogP contribution in [-0.2, 0) is 0 Å². The SMILES string of the molecule is c1cc(-c2c3ccccc3c(-c3ccc4oc5cc6ccccc6cc5c4c3)c3ccccc23)cc(-c2cccc3c2oc2ccccc23)c1.c1ccc2cc3c(cc2c1)oc1ccc(-c2c4ccccc4c(-c4ccc(-c5cccc6c5oc5ccccc56)cc4)c4ccccc24)cc13. The predicted molar refractivity (Wildman–Crippen MR) is 420 cm³/mol. The Morgan fingerprint density at radius 2 is 0.430 bits per heavy atom. The molecule has 464 valence electrons. The molecule has 18 aromatic carbocycles. The third kappa shape index (κ3) is 8.74. The lowest BCUT2D eigenvalue weighted by Crippen LogP contribution is -1.91. The van der Waals surface area contributed by atoms with Gasteiger partial charge in [0.05, 0.1) is 0 Å². The molecule has 0 atom stereocenters. The molecular formula is C96H56O4. The first-order valence-electron chi connectivity index (χ1n) is 34.2. The summed E-state index contributed by atoms with van der Waals surface area (Å²) in [7, 11) is 0. The number of benzene rings is 18. The molecule has 100 heavy (non-hydrogen) atoms. The van der Waals surface area contributed by atoms with Crippen LogP contribution in [0.5, 0.6) is 0 Å². The van der Waals surface area contributed by atoms with Gasteiger partial charge in [-0.15, -0.1) is 0 Å². The maximum absolute atomic E-state index is 6.45. The van der Waals surface area contributed by atoms with Crippen LogP contribution in [0.3, 0.4) is 0 Å². The minimum Gasteiger partial charge on any atom is -0.456 e. The number of furan rings is 4. The first kappa shape index (κ1) is 55.9. The molecular weight excluding hydrogens is 1220 g/mol. The Kier molecular flexibility index (Phi) is 12.4. The number of hydrogen-bond acceptors (Lipinski definition) is 4. The Bertz CT molecular complexity index is 7040. The van der Waals surface area contributed by atoms with E-state index in [1.54, 1.807) is 0 Å². The largest absolute Gasteiger partial charge is 0.456 e. The molecule has 0 fully saturated rings. The van der Waals surface area contributed by atoms with Gasteiger partial charge in [-0.05, 0) is 187 Å². The van der Waals surface area contributed by atoms with Crippen molar-refractivity contribution < 1.29 is 17.7 Å². The Balaban J connectivity index is 0.000000131. The van der Waals surface area contributed by atoms with Gasteiger partial charge in [-0.1, -0.05) is 273 Å². The van der Waals surface area contributed by atoms with Gasteiger partial charge in [0.1, 0.15) is 44.7 Å². The van der Waals surface area contributed by atoms with E-state index >= 15 is 0 Å². The summed E-state index contributed by atoms with van der Waals surface area (Å²) in [4.78, 5) is 0. The van der Waals surface area contributed by atoms with Crippen molar-refractivity contribution >= 4 is 152 Å². The van der Waals surface area contributed by atoms with Crippen LogP contribution in [0.15, 0.2) is 357 Å². The minimum atomic E-state index is 0.903. The topological polar surface area (TPSA) is 52.6 Å². The summed E-state index contributed by atoms with van der Waals surface area (Å²) >= 11 is 0. The van der Waals surface area contributed by atoms with Crippen molar-refractivity contribution in [3.63, 3.8) is 0 Å². The van der Waals surface area contributed by atoms with Crippen molar-refractivity contribution in [2.45, 2.75) is 0 Å². The van der Waals surface area contributed by atoms with E-state index in [1.165, 1.54) is 109 Å². The highest BCUT2D eigenvalue weighted by Gasteiger charge is 2.23. The summed E-state index contributed by atoms with van der Waals surface area (Å²) in [5.74, 6) is 0. The van der Waals surface area contributed by atoms with Crippen LogP contribution in [0.2, 0.25) is 0 Å². The van der Waals surface area contributed by atoms with Crippen molar-refractivity contribution in [2.24, 2.45) is 0 Å². The second-order valence-electron chi connectivity index (χ2n) is 26.4. The number of rotatable bonds is 6. The van der Waals surface area contributed by atoms with Crippen molar-refractivity contribution in [3.05, 3.63) is 340 Å². The van der Waals surface area contributed by atoms with Crippen LogP contribution in [0.1, 0.15) is 0 Å². The van der Waals surface area contributed by atoms with E-state index < -0.39 is 0 Å². The Labute approximate surface area is 573 Å². The van der Waals surface area contributed by atoms with Crippen LogP contribution in [0, 0.1) is 0 Å². The maximum atomic E-state index is 6.45. The van der Waals surface area contributed by atoms with Crippen molar-refractivity contribution in [3.8, 4) is 66.8 Å². The fraction of sp³-hybridized carbons (Fsp3) is 0. The van der Waals surface area contributed by atoms with Gasteiger partial charge in [-0.2, -0.15) is 0 Å². The Hall–Kier alpha value is -13.3. The fourth-order valence-corrected chi connectivity index (χ4v) is 16.3. The summed E-state index contributed by atoms with van der Waals surface area (Å²) in [5, 5.41) is 23.8. The van der Waals surface area contributed by atoms with Crippen LogP contribution < -0.4 is 0 Å². The second kappa shape index (κ2) is 22.1. The summed E-state index contributed by atoms with van der Waals surface area (Å²) in [6, 6.07) is 122. The molecule has 22 rings (SSSR count). The Morgan fingerprint density at radius 3 is 0.860 bits per heavy atom. The van der Waals surface area contributed by atoms with E-state index in [-0.39, 0.29) is 0 Å². The molecule has 0 unspecified atom stereocenters. The number of para-hydroxylation sites is 4. The highest BCUT2D eigenvalue weighted by Crippen LogP contribution is 2.49. The van der Waals surface area contributed by atoms with Crippen molar-refractivity contribution in [2.75, 3.05) is 0 Å². The van der Waals surface area contributed by atoms with Crippen LogP contribution in [0.25, 0.3) is 219 Å². The van der Waals surface area contributed by atoms with Gasteiger partial charge in [-0.3, -0.25) is 0 Å². The minimum absolute atomic E-state index is 0.903. The monoisotopic (exact) mass is 1270 g/mol. The first-order valence-corrected chi connectivity index (χ1v) is 34.2. The number of hydrogen-bond donors (Lipinski definition) is 0. The van der Waals surface area contributed by atoms with Gasteiger partial charge in [0, 0.05) is 54.2 Å². The zero-order chi connectivity index (χ0) is 65.5. The second-order valence-corrected chi connectivity index (χ2v) is 26.4. The van der Waals surface area contributed by atoms with Gasteiger partial charge >= 0.3 is 0 Å². The predicted octanol–water partition coefficient (Wildman–Crippen LogP) is 27.9.